The van der Waals surface area contributed by atoms with Gasteiger partial charge < -0.3 is 4.90 Å². The van der Waals surface area contributed by atoms with Crippen LogP contribution in [0.2, 0.25) is 0 Å². The molecule has 1 amide bonds. The molecule has 1 aliphatic heterocycles. The van der Waals surface area contributed by atoms with Gasteiger partial charge in [-0.2, -0.15) is 9.57 Å². The molecule has 1 fully saturated rings. The van der Waals surface area contributed by atoms with Gasteiger partial charge in [0.25, 0.3) is 5.91 Å². The summed E-state index contributed by atoms with van der Waals surface area (Å²) < 4.78 is 42.3. The van der Waals surface area contributed by atoms with Crippen LogP contribution < -0.4 is 4.90 Å². The average Bonchev–Trinajstić information content (AvgIpc) is 2.74. The number of piperidine rings is 1. The zero-order valence-corrected chi connectivity index (χ0v) is 18.5. The molecule has 0 aliphatic carbocycles. The maximum absolute atomic E-state index is 14.3. The van der Waals surface area contributed by atoms with E-state index in [0.717, 1.165) is 6.42 Å². The van der Waals surface area contributed by atoms with Crippen molar-refractivity contribution in [3.05, 3.63) is 59.9 Å². The van der Waals surface area contributed by atoms with Gasteiger partial charge in [0.05, 0.1) is 23.1 Å². The molecule has 0 spiro atoms. The van der Waals surface area contributed by atoms with Gasteiger partial charge in [0.1, 0.15) is 5.82 Å². The number of para-hydroxylation sites is 1. The summed E-state index contributed by atoms with van der Waals surface area (Å²) in [5, 5.41) is 8.95. The molecule has 0 unspecified atom stereocenters. The maximum atomic E-state index is 14.3. The first-order valence-corrected chi connectivity index (χ1v) is 11.7. The Balaban J connectivity index is 1.94. The molecule has 2 atom stereocenters. The van der Waals surface area contributed by atoms with Crippen LogP contribution in [0.15, 0.2) is 53.4 Å². The Kier molecular flexibility index (Phi) is 7.08. The summed E-state index contributed by atoms with van der Waals surface area (Å²) in [6, 6.07) is 13.6. The fourth-order valence-electron chi connectivity index (χ4n) is 4.06. The smallest absolute Gasteiger partial charge is 0.258 e. The first kappa shape index (κ1) is 22.9. The molecule has 0 N–H and O–H groups in total. The van der Waals surface area contributed by atoms with Crippen LogP contribution in [0, 0.1) is 29.0 Å². The van der Waals surface area contributed by atoms with E-state index in [1.807, 2.05) is 19.9 Å². The normalized spacial score (nSPS) is 19.5. The zero-order valence-electron chi connectivity index (χ0n) is 17.7. The van der Waals surface area contributed by atoms with Crippen LogP contribution in [0.1, 0.15) is 37.0 Å². The summed E-state index contributed by atoms with van der Waals surface area (Å²) in [4.78, 5) is 14.4. The molecule has 0 aromatic heterocycles. The van der Waals surface area contributed by atoms with E-state index >= 15 is 0 Å². The molecule has 1 aliphatic rings. The van der Waals surface area contributed by atoms with Crippen molar-refractivity contribution in [2.75, 3.05) is 24.5 Å². The number of nitrogens with zero attached hydrogens (tertiary/aromatic N) is 3. The van der Waals surface area contributed by atoms with Crippen molar-refractivity contribution < 1.29 is 17.6 Å². The van der Waals surface area contributed by atoms with Gasteiger partial charge in [-0.1, -0.05) is 32.0 Å². The summed E-state index contributed by atoms with van der Waals surface area (Å²) in [5.41, 5.74) is 0.176. The van der Waals surface area contributed by atoms with E-state index in [1.54, 1.807) is 6.07 Å². The molecule has 0 radical (unpaired) electrons. The summed E-state index contributed by atoms with van der Waals surface area (Å²) >= 11 is 0. The van der Waals surface area contributed by atoms with Gasteiger partial charge in [-0.25, -0.2) is 12.8 Å². The Labute approximate surface area is 182 Å². The Morgan fingerprint density at radius 3 is 2.48 bits per heavy atom. The van der Waals surface area contributed by atoms with Crippen LogP contribution in [0.5, 0.6) is 0 Å². The van der Waals surface area contributed by atoms with Gasteiger partial charge >= 0.3 is 0 Å². The van der Waals surface area contributed by atoms with Crippen LogP contribution in [0.3, 0.4) is 0 Å². The molecular weight excluding hydrogens is 417 g/mol. The number of halogens is 1. The van der Waals surface area contributed by atoms with Crippen LogP contribution in [-0.2, 0) is 10.0 Å². The maximum Gasteiger partial charge on any atom is 0.258 e. The quantitative estimate of drug-likeness (QED) is 0.674. The molecule has 6 nitrogen and oxygen atoms in total. The summed E-state index contributed by atoms with van der Waals surface area (Å²) in [5.74, 6) is -0.636. The molecule has 2 aromatic rings. The van der Waals surface area contributed by atoms with Crippen LogP contribution >= 0.6 is 0 Å². The minimum atomic E-state index is -3.76. The third kappa shape index (κ3) is 5.12. The molecular formula is C23H26FN3O3S. The number of benzene rings is 2. The Morgan fingerprint density at radius 2 is 1.84 bits per heavy atom. The van der Waals surface area contributed by atoms with Crippen LogP contribution in [-0.4, -0.2) is 38.3 Å². The number of hydrogen-bond acceptors (Lipinski definition) is 4. The monoisotopic (exact) mass is 443 g/mol. The predicted molar refractivity (Wildman–Crippen MR) is 116 cm³/mol. The van der Waals surface area contributed by atoms with Crippen molar-refractivity contribution in [1.29, 1.82) is 5.26 Å². The van der Waals surface area contributed by atoms with E-state index in [2.05, 4.69) is 0 Å². The summed E-state index contributed by atoms with van der Waals surface area (Å²) in [6.07, 6.45) is 0.989. The average molecular weight is 444 g/mol. The summed E-state index contributed by atoms with van der Waals surface area (Å²) in [6.45, 7) is 4.93. The van der Waals surface area contributed by atoms with Crippen molar-refractivity contribution in [2.24, 2.45) is 11.8 Å². The number of sulfonamides is 1. The van der Waals surface area contributed by atoms with E-state index in [4.69, 9.17) is 5.26 Å². The lowest BCUT2D eigenvalue weighted by molar-refractivity contribution is 0.0986. The number of hydrogen-bond donors (Lipinski definition) is 0. The highest BCUT2D eigenvalue weighted by atomic mass is 32.2. The van der Waals surface area contributed by atoms with Gasteiger partial charge in [0.2, 0.25) is 10.0 Å². The second kappa shape index (κ2) is 9.58. The van der Waals surface area contributed by atoms with Crippen molar-refractivity contribution in [1.82, 2.24) is 4.31 Å². The van der Waals surface area contributed by atoms with E-state index in [1.165, 1.54) is 51.7 Å². The zero-order chi connectivity index (χ0) is 22.6. The van der Waals surface area contributed by atoms with Crippen LogP contribution in [0.25, 0.3) is 0 Å². The Bertz CT molecular complexity index is 1090. The lowest BCUT2D eigenvalue weighted by Crippen LogP contribution is -2.42. The standard InChI is InChI=1S/C23H26FN3O3S/c1-17-13-18(2)16-26(15-17)31(29,30)20-8-5-7-19(14-20)23(28)27(12-6-11-25)22-10-4-3-9-21(22)24/h3-5,7-10,14,17-18H,6,12-13,15-16H2,1-2H3/t17-,18+. The summed E-state index contributed by atoms with van der Waals surface area (Å²) in [7, 11) is -3.76. The fourth-order valence-corrected chi connectivity index (χ4v) is 5.79. The van der Waals surface area contributed by atoms with Crippen LogP contribution in [0.4, 0.5) is 10.1 Å². The number of nitriles is 1. The third-order valence-corrected chi connectivity index (χ3v) is 7.22. The third-order valence-electron chi connectivity index (χ3n) is 5.39. The largest absolute Gasteiger partial charge is 0.304 e. The number of carbonyl (C=O) groups excluding carboxylic acids is 1. The van der Waals surface area contributed by atoms with Gasteiger partial charge in [-0.15, -0.1) is 0 Å². The van der Waals surface area contributed by atoms with E-state index in [-0.39, 0.29) is 40.9 Å². The lowest BCUT2D eigenvalue weighted by atomic mass is 9.94. The van der Waals surface area contributed by atoms with Crippen molar-refractivity contribution in [3.8, 4) is 6.07 Å². The molecule has 1 heterocycles. The molecule has 8 heteroatoms. The number of amides is 1. The second-order valence-corrected chi connectivity index (χ2v) is 10.1. The van der Waals surface area contributed by atoms with Crippen molar-refractivity contribution in [2.45, 2.75) is 31.6 Å². The second-order valence-electron chi connectivity index (χ2n) is 8.11. The van der Waals surface area contributed by atoms with Crippen molar-refractivity contribution in [3.63, 3.8) is 0 Å². The molecule has 31 heavy (non-hydrogen) atoms. The van der Waals surface area contributed by atoms with E-state index < -0.39 is 21.7 Å². The predicted octanol–water partition coefficient (Wildman–Crippen LogP) is 4.05. The number of anilines is 1. The highest BCUT2D eigenvalue weighted by molar-refractivity contribution is 7.89. The minimum absolute atomic E-state index is 0.00556. The SMILES string of the molecule is C[C@@H]1C[C@H](C)CN(S(=O)(=O)c2cccc(C(=O)N(CCC#N)c3ccccc3F)c2)C1. The van der Waals surface area contributed by atoms with E-state index in [0.29, 0.717) is 13.1 Å². The van der Waals surface area contributed by atoms with Crippen molar-refractivity contribution >= 4 is 21.6 Å². The Hall–Kier alpha value is -2.76. The van der Waals surface area contributed by atoms with Gasteiger partial charge in [0.15, 0.2) is 0 Å². The molecule has 0 bridgehead atoms. The Morgan fingerprint density at radius 1 is 1.16 bits per heavy atom. The fraction of sp³-hybridized carbons (Fsp3) is 0.391. The van der Waals surface area contributed by atoms with E-state index in [9.17, 15) is 17.6 Å². The molecule has 3 rings (SSSR count). The van der Waals surface area contributed by atoms with Gasteiger partial charge in [-0.3, -0.25) is 4.79 Å². The highest BCUT2D eigenvalue weighted by Gasteiger charge is 2.32. The number of rotatable bonds is 6. The van der Waals surface area contributed by atoms with Gasteiger partial charge in [0, 0.05) is 25.2 Å². The molecule has 164 valence electrons. The highest BCUT2D eigenvalue weighted by Crippen LogP contribution is 2.28. The topological polar surface area (TPSA) is 81.5 Å². The number of carbonyl (C=O) groups is 1. The molecule has 2 aromatic carbocycles. The molecule has 1 saturated heterocycles. The lowest BCUT2D eigenvalue weighted by Gasteiger charge is -2.34. The first-order valence-electron chi connectivity index (χ1n) is 10.3. The van der Waals surface area contributed by atoms with Gasteiger partial charge in [-0.05, 0) is 48.6 Å². The minimum Gasteiger partial charge on any atom is -0.304 e. The molecule has 0 saturated carbocycles. The first-order chi connectivity index (χ1) is 14.7.